The highest BCUT2D eigenvalue weighted by atomic mass is 35.5. The Kier molecular flexibility index (Phi) is 4.22. The van der Waals surface area contributed by atoms with Crippen molar-refractivity contribution < 1.29 is 4.68 Å². The number of nitrogens with zero attached hydrogens (tertiary/aromatic N) is 5. The molecule has 3 heterocycles. The van der Waals surface area contributed by atoms with E-state index in [0.29, 0.717) is 16.7 Å². The van der Waals surface area contributed by atoms with Crippen LogP contribution in [0.2, 0.25) is 5.02 Å². The number of benzene rings is 2. The molecule has 138 valence electrons. The summed E-state index contributed by atoms with van der Waals surface area (Å²) in [6.07, 6.45) is 3.45. The van der Waals surface area contributed by atoms with E-state index in [2.05, 4.69) is 35.8 Å². The summed E-state index contributed by atoms with van der Waals surface area (Å²) in [5, 5.41) is 24.8. The van der Waals surface area contributed by atoms with Gasteiger partial charge in [-0.05, 0) is 29.2 Å². The van der Waals surface area contributed by atoms with Crippen molar-refractivity contribution in [2.75, 3.05) is 5.32 Å². The smallest absolute Gasteiger partial charge is 0.307 e. The zero-order valence-electron chi connectivity index (χ0n) is 14.4. The van der Waals surface area contributed by atoms with Gasteiger partial charge in [-0.25, -0.2) is 0 Å². The van der Waals surface area contributed by atoms with Gasteiger partial charge in [-0.15, -0.1) is 10.2 Å². The number of aromatic nitrogens is 7. The lowest BCUT2D eigenvalue weighted by atomic mass is 10.2. The maximum absolute atomic E-state index is 6.45. The predicted octanol–water partition coefficient (Wildman–Crippen LogP) is 3.54. The Morgan fingerprint density at radius 3 is 2.89 bits per heavy atom. The van der Waals surface area contributed by atoms with Gasteiger partial charge >= 0.3 is 6.33 Å². The maximum atomic E-state index is 6.45. The van der Waals surface area contributed by atoms with E-state index >= 15 is 0 Å². The highest BCUT2D eigenvalue weighted by molar-refractivity contribution is 7.15. The zero-order chi connectivity index (χ0) is 18.9. The second-order valence-electron chi connectivity index (χ2n) is 6.08. The monoisotopic (exact) mass is 409 g/mol. The number of rotatable bonds is 5. The second-order valence-corrected chi connectivity index (χ2v) is 7.52. The predicted molar refractivity (Wildman–Crippen MR) is 108 cm³/mol. The molecule has 8 nitrogen and oxygen atoms in total. The van der Waals surface area contributed by atoms with Gasteiger partial charge in [-0.3, -0.25) is 5.10 Å². The molecule has 3 aromatic heterocycles. The van der Waals surface area contributed by atoms with Crippen molar-refractivity contribution in [3.05, 3.63) is 65.0 Å². The molecule has 0 aliphatic rings. The fourth-order valence-corrected chi connectivity index (χ4v) is 3.86. The van der Waals surface area contributed by atoms with Crippen LogP contribution in [-0.4, -0.2) is 30.5 Å². The highest BCUT2D eigenvalue weighted by Gasteiger charge is 2.14. The number of H-pyrrole nitrogens is 2. The van der Waals surface area contributed by atoms with Crippen molar-refractivity contribution in [3.63, 3.8) is 0 Å². The molecule has 0 amide bonds. The number of halogens is 1. The van der Waals surface area contributed by atoms with E-state index in [1.165, 1.54) is 11.3 Å². The van der Waals surface area contributed by atoms with Gasteiger partial charge in [0.05, 0.1) is 22.4 Å². The number of hydrogen-bond acceptors (Lipinski definition) is 6. The summed E-state index contributed by atoms with van der Waals surface area (Å²) < 4.78 is 1.87. The molecule has 0 saturated carbocycles. The summed E-state index contributed by atoms with van der Waals surface area (Å²) in [5.41, 5.74) is 2.68. The Morgan fingerprint density at radius 2 is 2.00 bits per heavy atom. The van der Waals surface area contributed by atoms with Crippen LogP contribution >= 0.6 is 22.9 Å². The average Bonchev–Trinajstić information content (AvgIpc) is 3.46. The van der Waals surface area contributed by atoms with Gasteiger partial charge < -0.3 is 5.32 Å². The molecule has 0 atom stereocenters. The molecule has 10 heteroatoms. The number of anilines is 2. The molecular formula is C18H14ClN8S+. The van der Waals surface area contributed by atoms with E-state index in [0.717, 1.165) is 33.0 Å². The van der Waals surface area contributed by atoms with Crippen LogP contribution in [0.25, 0.3) is 22.3 Å². The van der Waals surface area contributed by atoms with Gasteiger partial charge in [0.1, 0.15) is 0 Å². The summed E-state index contributed by atoms with van der Waals surface area (Å²) in [4.78, 5) is 4.41. The Labute approximate surface area is 168 Å². The first-order valence-electron chi connectivity index (χ1n) is 8.47. The van der Waals surface area contributed by atoms with Gasteiger partial charge in [-0.1, -0.05) is 41.1 Å². The normalized spacial score (nSPS) is 11.2. The molecule has 0 aliphatic carbocycles. The van der Waals surface area contributed by atoms with Crippen LogP contribution in [0.1, 0.15) is 5.01 Å². The van der Waals surface area contributed by atoms with Crippen LogP contribution in [0.3, 0.4) is 0 Å². The molecule has 0 saturated heterocycles. The Bertz CT molecular complexity index is 1240. The molecule has 5 rings (SSSR count). The van der Waals surface area contributed by atoms with Crippen LogP contribution in [0.15, 0.2) is 55.0 Å². The van der Waals surface area contributed by atoms with Crippen molar-refractivity contribution in [1.29, 1.82) is 0 Å². The van der Waals surface area contributed by atoms with E-state index in [-0.39, 0.29) is 0 Å². The topological polar surface area (TPSA) is 99.0 Å². The number of fused-ring (bicyclic) bond motifs is 1. The lowest BCUT2D eigenvalue weighted by Gasteiger charge is -2.04. The van der Waals surface area contributed by atoms with Gasteiger partial charge in [0.15, 0.2) is 11.6 Å². The molecule has 0 bridgehead atoms. The number of nitrogens with one attached hydrogen (secondary N) is 3. The average molecular weight is 410 g/mol. The molecule has 0 aliphatic heterocycles. The molecule has 2 aromatic carbocycles. The fraction of sp³-hybridized carbons (Fsp3) is 0.0556. The lowest BCUT2D eigenvalue weighted by molar-refractivity contribution is -0.742. The maximum Gasteiger partial charge on any atom is 0.307 e. The second kappa shape index (κ2) is 7.02. The zero-order valence-corrected chi connectivity index (χ0v) is 16.0. The summed E-state index contributed by atoms with van der Waals surface area (Å²) in [6.45, 7) is 0.549. The molecule has 28 heavy (non-hydrogen) atoms. The molecular weight excluding hydrogens is 396 g/mol. The van der Waals surface area contributed by atoms with E-state index in [1.807, 2.05) is 47.1 Å². The lowest BCUT2D eigenvalue weighted by Crippen LogP contribution is -2.35. The quantitative estimate of drug-likeness (QED) is 0.385. The minimum Gasteiger partial charge on any atom is -0.329 e. The first-order valence-corrected chi connectivity index (χ1v) is 9.66. The fourth-order valence-electron chi connectivity index (χ4n) is 2.85. The van der Waals surface area contributed by atoms with Crippen molar-refractivity contribution in [2.24, 2.45) is 0 Å². The van der Waals surface area contributed by atoms with Crippen molar-refractivity contribution in [2.45, 2.75) is 6.54 Å². The van der Waals surface area contributed by atoms with E-state index in [4.69, 9.17) is 11.6 Å². The molecule has 0 unspecified atom stereocenters. The van der Waals surface area contributed by atoms with Crippen LogP contribution < -0.4 is 10.00 Å². The van der Waals surface area contributed by atoms with Gasteiger partial charge in [-0.2, -0.15) is 14.9 Å². The number of hydrogen-bond donors (Lipinski definition) is 3. The summed E-state index contributed by atoms with van der Waals surface area (Å²) >= 11 is 7.91. The summed E-state index contributed by atoms with van der Waals surface area (Å²) in [7, 11) is 0. The minimum absolute atomic E-state index is 0.549. The standard InChI is InChI=1S/C18H13ClN8S/c19-16-12-8-21-23-13(12)6-7-14(16)22-18-25-24-15(28-18)9-27-10-20-17(26-27)11-4-2-1-3-5-11/h1-8,10H,9H2,(H2,21,22,23,25)/p+1. The Hall–Kier alpha value is -3.30. The highest BCUT2D eigenvalue weighted by Crippen LogP contribution is 2.32. The van der Waals surface area contributed by atoms with E-state index in [1.54, 1.807) is 12.5 Å². The molecule has 3 N–H and O–H groups in total. The van der Waals surface area contributed by atoms with Crippen molar-refractivity contribution in [1.82, 2.24) is 30.5 Å². The SMILES string of the molecule is Clc1c(Nc2nnc(C[n+]3cnc(-c4ccccc4)[nH]3)s2)ccc2[nH]ncc12. The third-order valence-electron chi connectivity index (χ3n) is 4.20. The Morgan fingerprint density at radius 1 is 1.11 bits per heavy atom. The van der Waals surface area contributed by atoms with E-state index in [9.17, 15) is 0 Å². The number of aromatic amines is 2. The molecule has 0 spiro atoms. The van der Waals surface area contributed by atoms with Gasteiger partial charge in [0.2, 0.25) is 5.13 Å². The van der Waals surface area contributed by atoms with Crippen LogP contribution in [-0.2, 0) is 6.54 Å². The Balaban J connectivity index is 1.32. The minimum atomic E-state index is 0.549. The third kappa shape index (κ3) is 3.21. The van der Waals surface area contributed by atoms with Crippen LogP contribution in [0.4, 0.5) is 10.8 Å². The van der Waals surface area contributed by atoms with Gasteiger partial charge in [0.25, 0.3) is 5.82 Å². The summed E-state index contributed by atoms with van der Waals surface area (Å²) in [5.74, 6) is 0.809. The van der Waals surface area contributed by atoms with Crippen molar-refractivity contribution in [3.8, 4) is 11.4 Å². The molecule has 5 aromatic rings. The van der Waals surface area contributed by atoms with Gasteiger partial charge in [0, 0.05) is 10.9 Å². The first kappa shape index (κ1) is 16.8. The van der Waals surface area contributed by atoms with E-state index < -0.39 is 0 Å². The molecule has 0 fully saturated rings. The van der Waals surface area contributed by atoms with Crippen LogP contribution in [0.5, 0.6) is 0 Å². The third-order valence-corrected chi connectivity index (χ3v) is 5.43. The molecule has 0 radical (unpaired) electrons. The largest absolute Gasteiger partial charge is 0.329 e. The van der Waals surface area contributed by atoms with Crippen LogP contribution in [0, 0.1) is 0 Å². The van der Waals surface area contributed by atoms with Crippen molar-refractivity contribution >= 4 is 44.7 Å². The summed E-state index contributed by atoms with van der Waals surface area (Å²) in [6, 6.07) is 13.8. The first-order chi connectivity index (χ1) is 13.8.